The van der Waals surface area contributed by atoms with Gasteiger partial charge in [0.15, 0.2) is 0 Å². The first-order valence-corrected chi connectivity index (χ1v) is 6.26. The van der Waals surface area contributed by atoms with Gasteiger partial charge in [0, 0.05) is 0 Å². The van der Waals surface area contributed by atoms with Crippen molar-refractivity contribution in [2.75, 3.05) is 7.11 Å². The molecule has 0 heterocycles. The quantitative estimate of drug-likeness (QED) is 0.754. The Labute approximate surface area is 114 Å². The molecule has 0 N–H and O–H groups in total. The Morgan fingerprint density at radius 1 is 1.05 bits per heavy atom. The molecule has 2 rings (SSSR count). The third kappa shape index (κ3) is 3.35. The molecule has 0 aliphatic carbocycles. The lowest BCUT2D eigenvalue weighted by Gasteiger charge is -2.08. The smallest absolute Gasteiger partial charge is 0.118 e. The summed E-state index contributed by atoms with van der Waals surface area (Å²) < 4.78 is 5.15. The van der Waals surface area contributed by atoms with Gasteiger partial charge in [-0.05, 0) is 40.8 Å². The average Bonchev–Trinajstić information content (AvgIpc) is 2.48. The third-order valence-corrected chi connectivity index (χ3v) is 3.13. The first-order chi connectivity index (χ1) is 9.22. The second-order valence-corrected chi connectivity index (χ2v) is 4.45. The zero-order valence-corrected chi connectivity index (χ0v) is 11.2. The van der Waals surface area contributed by atoms with Gasteiger partial charge in [-0.25, -0.2) is 0 Å². The number of methoxy groups -OCH3 is 1. The Morgan fingerprint density at radius 2 is 1.68 bits per heavy atom. The molecule has 0 radical (unpaired) electrons. The van der Waals surface area contributed by atoms with E-state index in [2.05, 4.69) is 37.4 Å². The molecule has 19 heavy (non-hydrogen) atoms. The maximum absolute atomic E-state index is 5.15. The molecule has 2 aromatic rings. The van der Waals surface area contributed by atoms with Gasteiger partial charge in [0.05, 0.1) is 7.11 Å². The van der Waals surface area contributed by atoms with E-state index in [-0.39, 0.29) is 0 Å². The molecular weight excluding hydrogens is 232 g/mol. The molecular formula is C18H18O. The van der Waals surface area contributed by atoms with Crippen molar-refractivity contribution in [2.45, 2.75) is 6.42 Å². The molecule has 1 heteroatoms. The monoisotopic (exact) mass is 250 g/mol. The molecule has 0 saturated carbocycles. The lowest BCUT2D eigenvalue weighted by Crippen LogP contribution is -1.90. The summed E-state index contributed by atoms with van der Waals surface area (Å²) in [5.41, 5.74) is 4.65. The van der Waals surface area contributed by atoms with Crippen LogP contribution in [-0.4, -0.2) is 7.11 Å². The zero-order valence-electron chi connectivity index (χ0n) is 11.2. The van der Waals surface area contributed by atoms with Crippen molar-refractivity contribution in [1.82, 2.24) is 0 Å². The Balaban J connectivity index is 2.08. The fraction of sp³-hybridized carbons (Fsp3) is 0.111. The van der Waals surface area contributed by atoms with Crippen LogP contribution < -0.4 is 4.74 Å². The topological polar surface area (TPSA) is 9.23 Å². The summed E-state index contributed by atoms with van der Waals surface area (Å²) in [6.45, 7) is 7.91. The molecule has 2 aromatic carbocycles. The summed E-state index contributed by atoms with van der Waals surface area (Å²) in [7, 11) is 1.67. The highest BCUT2D eigenvalue weighted by Crippen LogP contribution is 2.21. The maximum atomic E-state index is 5.15. The number of benzene rings is 2. The van der Waals surface area contributed by atoms with Crippen LogP contribution in [-0.2, 0) is 6.42 Å². The van der Waals surface area contributed by atoms with E-state index in [9.17, 15) is 0 Å². The van der Waals surface area contributed by atoms with E-state index in [0.29, 0.717) is 0 Å². The highest BCUT2D eigenvalue weighted by Gasteiger charge is 2.01. The largest absolute Gasteiger partial charge is 0.497 e. The van der Waals surface area contributed by atoms with Gasteiger partial charge in [0.25, 0.3) is 0 Å². The van der Waals surface area contributed by atoms with Crippen LogP contribution in [0.1, 0.15) is 16.7 Å². The fourth-order valence-corrected chi connectivity index (χ4v) is 1.95. The van der Waals surface area contributed by atoms with Crippen LogP contribution in [0.4, 0.5) is 0 Å². The van der Waals surface area contributed by atoms with E-state index in [1.54, 1.807) is 7.11 Å². The van der Waals surface area contributed by atoms with Crippen LogP contribution in [0.25, 0.3) is 11.6 Å². The molecule has 0 amide bonds. The van der Waals surface area contributed by atoms with E-state index >= 15 is 0 Å². The minimum absolute atomic E-state index is 0.851. The predicted molar refractivity (Wildman–Crippen MR) is 82.3 cm³/mol. The van der Waals surface area contributed by atoms with Crippen LogP contribution in [0.2, 0.25) is 0 Å². The van der Waals surface area contributed by atoms with Gasteiger partial charge < -0.3 is 4.74 Å². The highest BCUT2D eigenvalue weighted by atomic mass is 16.5. The van der Waals surface area contributed by atoms with E-state index in [1.807, 2.05) is 30.3 Å². The van der Waals surface area contributed by atoms with E-state index in [1.165, 1.54) is 5.56 Å². The Morgan fingerprint density at radius 3 is 2.21 bits per heavy atom. The van der Waals surface area contributed by atoms with Crippen molar-refractivity contribution in [3.8, 4) is 5.75 Å². The van der Waals surface area contributed by atoms with Gasteiger partial charge in [-0.1, -0.05) is 55.6 Å². The van der Waals surface area contributed by atoms with Crippen molar-refractivity contribution in [3.05, 3.63) is 78.4 Å². The molecule has 0 spiro atoms. The number of hydrogen-bond acceptors (Lipinski definition) is 1. The molecule has 0 bridgehead atoms. The van der Waals surface area contributed by atoms with Gasteiger partial charge in [0.1, 0.15) is 5.75 Å². The molecule has 0 fully saturated rings. The predicted octanol–water partition coefficient (Wildman–Crippen LogP) is 4.59. The summed E-state index contributed by atoms with van der Waals surface area (Å²) in [5, 5.41) is 0. The van der Waals surface area contributed by atoms with Crippen LogP contribution in [0, 0.1) is 0 Å². The van der Waals surface area contributed by atoms with E-state index in [0.717, 1.165) is 28.9 Å². The van der Waals surface area contributed by atoms with E-state index < -0.39 is 0 Å². The van der Waals surface area contributed by atoms with Crippen LogP contribution in [0.15, 0.2) is 61.7 Å². The lowest BCUT2D eigenvalue weighted by atomic mass is 9.99. The Hall–Kier alpha value is -2.28. The van der Waals surface area contributed by atoms with Crippen molar-refractivity contribution in [3.63, 3.8) is 0 Å². The number of ether oxygens (including phenoxy) is 1. The van der Waals surface area contributed by atoms with Crippen molar-refractivity contribution in [2.24, 2.45) is 0 Å². The van der Waals surface area contributed by atoms with Gasteiger partial charge >= 0.3 is 0 Å². The summed E-state index contributed by atoms with van der Waals surface area (Å²) in [6, 6.07) is 16.4. The Kier molecular flexibility index (Phi) is 4.19. The molecule has 0 unspecified atom stereocenters. The molecule has 96 valence electrons. The highest BCUT2D eigenvalue weighted by molar-refractivity contribution is 5.66. The summed E-state index contributed by atoms with van der Waals surface area (Å²) in [6.07, 6.45) is 2.70. The van der Waals surface area contributed by atoms with E-state index in [4.69, 9.17) is 4.74 Å². The molecule has 0 aliphatic heterocycles. The van der Waals surface area contributed by atoms with Gasteiger partial charge in [0.2, 0.25) is 0 Å². The summed E-state index contributed by atoms with van der Waals surface area (Å²) in [4.78, 5) is 0. The van der Waals surface area contributed by atoms with Crippen LogP contribution >= 0.6 is 0 Å². The molecule has 1 nitrogen and oxygen atoms in total. The Bertz CT molecular complexity index is 562. The normalized spacial score (nSPS) is 9.95. The molecule has 0 aliphatic rings. The maximum Gasteiger partial charge on any atom is 0.118 e. The van der Waals surface area contributed by atoms with Gasteiger partial charge in [-0.3, -0.25) is 0 Å². The minimum atomic E-state index is 0.851. The molecule has 0 aromatic heterocycles. The second-order valence-electron chi connectivity index (χ2n) is 4.45. The van der Waals surface area contributed by atoms with Crippen molar-refractivity contribution >= 4 is 11.6 Å². The van der Waals surface area contributed by atoms with Crippen molar-refractivity contribution < 1.29 is 4.74 Å². The third-order valence-electron chi connectivity index (χ3n) is 3.13. The van der Waals surface area contributed by atoms with Crippen LogP contribution in [0.5, 0.6) is 5.75 Å². The van der Waals surface area contributed by atoms with Gasteiger partial charge in [-0.2, -0.15) is 0 Å². The molecule has 0 atom stereocenters. The minimum Gasteiger partial charge on any atom is -0.497 e. The van der Waals surface area contributed by atoms with Gasteiger partial charge in [-0.15, -0.1) is 0 Å². The lowest BCUT2D eigenvalue weighted by molar-refractivity contribution is 0.415. The fourth-order valence-electron chi connectivity index (χ4n) is 1.95. The standard InChI is InChI=1S/C18H18O/c1-4-15-5-7-16(8-6-15)13-14(2)17-9-11-18(19-3)12-10-17/h4-12H,1-2,13H2,3H3. The average molecular weight is 250 g/mol. The summed E-state index contributed by atoms with van der Waals surface area (Å²) in [5.74, 6) is 0.867. The first-order valence-electron chi connectivity index (χ1n) is 6.26. The molecule has 0 saturated heterocycles. The second kappa shape index (κ2) is 6.05. The number of allylic oxidation sites excluding steroid dienone is 1. The SMILES string of the molecule is C=Cc1ccc(CC(=C)c2ccc(OC)cc2)cc1. The number of hydrogen-bond donors (Lipinski definition) is 0. The first kappa shape index (κ1) is 13.2. The summed E-state index contributed by atoms with van der Waals surface area (Å²) >= 11 is 0. The van der Waals surface area contributed by atoms with Crippen LogP contribution in [0.3, 0.4) is 0 Å². The number of rotatable bonds is 5. The van der Waals surface area contributed by atoms with Crippen molar-refractivity contribution in [1.29, 1.82) is 0 Å². The zero-order chi connectivity index (χ0) is 13.7.